The van der Waals surface area contributed by atoms with E-state index in [-0.39, 0.29) is 11.8 Å². The number of hydrogen-bond donors (Lipinski definition) is 2. The average Bonchev–Trinajstić information content (AvgIpc) is 3.18. The van der Waals surface area contributed by atoms with Crippen molar-refractivity contribution in [3.05, 3.63) is 29.8 Å². The zero-order valence-electron chi connectivity index (χ0n) is 12.6. The topological polar surface area (TPSA) is 75.6 Å². The Balaban J connectivity index is 1.99. The van der Waals surface area contributed by atoms with Gasteiger partial charge in [0, 0.05) is 5.54 Å². The minimum atomic E-state index is -0.891. The molecular formula is C16H21NO4. The van der Waals surface area contributed by atoms with E-state index in [1.807, 2.05) is 38.1 Å². The van der Waals surface area contributed by atoms with Gasteiger partial charge in [0.25, 0.3) is 0 Å². The van der Waals surface area contributed by atoms with Crippen molar-refractivity contribution in [2.24, 2.45) is 11.8 Å². The highest BCUT2D eigenvalue weighted by atomic mass is 16.5. The molecule has 2 N–H and O–H groups in total. The van der Waals surface area contributed by atoms with Crippen molar-refractivity contribution in [3.8, 4) is 5.75 Å². The summed E-state index contributed by atoms with van der Waals surface area (Å²) in [5, 5.41) is 11.8. The summed E-state index contributed by atoms with van der Waals surface area (Å²) in [6.07, 6.45) is 1.05. The van der Waals surface area contributed by atoms with E-state index in [1.54, 1.807) is 7.11 Å². The summed E-state index contributed by atoms with van der Waals surface area (Å²) >= 11 is 0. The van der Waals surface area contributed by atoms with E-state index in [0.29, 0.717) is 12.8 Å². The average molecular weight is 291 g/mol. The largest absolute Gasteiger partial charge is 0.496 e. The molecule has 2 atom stereocenters. The highest BCUT2D eigenvalue weighted by Gasteiger charge is 2.49. The molecule has 0 radical (unpaired) electrons. The summed E-state index contributed by atoms with van der Waals surface area (Å²) in [7, 11) is 1.62. The number of aliphatic carboxylic acids is 1. The molecule has 114 valence electrons. The van der Waals surface area contributed by atoms with Crippen molar-refractivity contribution in [3.63, 3.8) is 0 Å². The Kier molecular flexibility index (Phi) is 4.21. The van der Waals surface area contributed by atoms with E-state index in [9.17, 15) is 9.59 Å². The molecule has 1 aromatic carbocycles. The number of carbonyl (C=O) groups is 2. The van der Waals surface area contributed by atoms with Crippen LogP contribution >= 0.6 is 0 Å². The summed E-state index contributed by atoms with van der Waals surface area (Å²) in [6, 6.07) is 7.67. The van der Waals surface area contributed by atoms with Crippen molar-refractivity contribution >= 4 is 11.9 Å². The first-order chi connectivity index (χ1) is 9.84. The third-order valence-corrected chi connectivity index (χ3v) is 3.73. The molecule has 2 rings (SSSR count). The predicted molar refractivity (Wildman–Crippen MR) is 78.2 cm³/mol. The maximum absolute atomic E-state index is 12.1. The van der Waals surface area contributed by atoms with Crippen LogP contribution in [0.15, 0.2) is 24.3 Å². The maximum Gasteiger partial charge on any atom is 0.307 e. The summed E-state index contributed by atoms with van der Waals surface area (Å²) in [5.41, 5.74) is 0.549. The minimum Gasteiger partial charge on any atom is -0.496 e. The van der Waals surface area contributed by atoms with Crippen molar-refractivity contribution in [1.29, 1.82) is 0 Å². The Bertz CT molecular complexity index is 553. The lowest BCUT2D eigenvalue weighted by atomic mass is 9.94. The highest BCUT2D eigenvalue weighted by molar-refractivity contribution is 5.89. The van der Waals surface area contributed by atoms with Crippen molar-refractivity contribution in [1.82, 2.24) is 5.32 Å². The molecule has 1 amide bonds. The van der Waals surface area contributed by atoms with Crippen molar-refractivity contribution < 1.29 is 19.4 Å². The van der Waals surface area contributed by atoms with Gasteiger partial charge in [-0.25, -0.2) is 0 Å². The number of hydrogen-bond acceptors (Lipinski definition) is 3. The number of methoxy groups -OCH3 is 1. The van der Waals surface area contributed by atoms with Crippen LogP contribution in [0.25, 0.3) is 0 Å². The van der Waals surface area contributed by atoms with Gasteiger partial charge in [-0.15, -0.1) is 0 Å². The molecule has 0 bridgehead atoms. The Labute approximate surface area is 124 Å². The molecule has 0 heterocycles. The second-order valence-electron chi connectivity index (χ2n) is 6.15. The van der Waals surface area contributed by atoms with Gasteiger partial charge in [-0.3, -0.25) is 9.59 Å². The van der Waals surface area contributed by atoms with Crippen LogP contribution in [0, 0.1) is 11.8 Å². The van der Waals surface area contributed by atoms with Crippen LogP contribution in [0.1, 0.15) is 25.8 Å². The molecule has 0 aliphatic heterocycles. The first kappa shape index (κ1) is 15.4. The first-order valence-corrected chi connectivity index (χ1v) is 7.01. The molecule has 0 saturated heterocycles. The first-order valence-electron chi connectivity index (χ1n) is 7.01. The Morgan fingerprint density at radius 3 is 2.57 bits per heavy atom. The van der Waals surface area contributed by atoms with Gasteiger partial charge in [0.1, 0.15) is 5.75 Å². The van der Waals surface area contributed by atoms with Gasteiger partial charge in [-0.2, -0.15) is 0 Å². The lowest BCUT2D eigenvalue weighted by Crippen LogP contribution is -2.46. The minimum absolute atomic E-state index is 0.178. The molecule has 5 heteroatoms. The number of carboxylic acid groups (broad SMARTS) is 1. The van der Waals surface area contributed by atoms with Gasteiger partial charge < -0.3 is 15.2 Å². The molecule has 1 aromatic rings. The molecule has 0 spiro atoms. The van der Waals surface area contributed by atoms with Gasteiger partial charge in [0.05, 0.1) is 18.9 Å². The molecule has 1 aliphatic rings. The van der Waals surface area contributed by atoms with Crippen LogP contribution in [0.5, 0.6) is 5.75 Å². The molecule has 1 saturated carbocycles. The standard InChI is InChI=1S/C16H21NO4/c1-16(2,9-10-6-4-5-7-13(10)21-3)17-14(18)11-8-12(11)15(19)20/h4-7,11-12H,8-9H2,1-3H3,(H,17,18)(H,19,20). The summed E-state index contributed by atoms with van der Waals surface area (Å²) in [6.45, 7) is 3.85. The monoisotopic (exact) mass is 291 g/mol. The van der Waals surface area contributed by atoms with Gasteiger partial charge in [-0.05, 0) is 38.3 Å². The lowest BCUT2D eigenvalue weighted by molar-refractivity contribution is -0.140. The second kappa shape index (κ2) is 5.76. The summed E-state index contributed by atoms with van der Waals surface area (Å²) < 4.78 is 5.31. The van der Waals surface area contributed by atoms with E-state index < -0.39 is 17.4 Å². The normalized spacial score (nSPS) is 20.7. The number of rotatable bonds is 6. The fourth-order valence-electron chi connectivity index (χ4n) is 2.55. The Morgan fingerprint density at radius 2 is 2.00 bits per heavy atom. The van der Waals surface area contributed by atoms with Crippen LogP contribution in [0.4, 0.5) is 0 Å². The maximum atomic E-state index is 12.1. The zero-order chi connectivity index (χ0) is 15.6. The molecule has 1 fully saturated rings. The molecule has 2 unspecified atom stereocenters. The molecular weight excluding hydrogens is 270 g/mol. The van der Waals surface area contributed by atoms with Gasteiger partial charge in [-0.1, -0.05) is 18.2 Å². The SMILES string of the molecule is COc1ccccc1CC(C)(C)NC(=O)C1CC1C(=O)O. The van der Waals surface area contributed by atoms with E-state index in [4.69, 9.17) is 9.84 Å². The quantitative estimate of drug-likeness (QED) is 0.838. The van der Waals surface area contributed by atoms with E-state index in [1.165, 1.54) is 0 Å². The number of ether oxygens (including phenoxy) is 1. The molecule has 5 nitrogen and oxygen atoms in total. The third kappa shape index (κ3) is 3.74. The van der Waals surface area contributed by atoms with Crippen LogP contribution in [0.2, 0.25) is 0 Å². The van der Waals surface area contributed by atoms with Crippen LogP contribution in [0.3, 0.4) is 0 Å². The van der Waals surface area contributed by atoms with Crippen LogP contribution < -0.4 is 10.1 Å². The Hall–Kier alpha value is -2.04. The fourth-order valence-corrected chi connectivity index (χ4v) is 2.55. The molecule has 21 heavy (non-hydrogen) atoms. The number of nitrogens with one attached hydrogen (secondary N) is 1. The van der Waals surface area contributed by atoms with Crippen LogP contribution in [-0.4, -0.2) is 29.6 Å². The van der Waals surface area contributed by atoms with Crippen LogP contribution in [-0.2, 0) is 16.0 Å². The smallest absolute Gasteiger partial charge is 0.307 e. The van der Waals surface area contributed by atoms with E-state index in [2.05, 4.69) is 5.32 Å². The fraction of sp³-hybridized carbons (Fsp3) is 0.500. The zero-order valence-corrected chi connectivity index (χ0v) is 12.6. The third-order valence-electron chi connectivity index (χ3n) is 3.73. The number of amides is 1. The van der Waals surface area contributed by atoms with Gasteiger partial charge >= 0.3 is 5.97 Å². The number of benzene rings is 1. The number of para-hydroxylation sites is 1. The molecule has 1 aliphatic carbocycles. The summed E-state index contributed by atoms with van der Waals surface area (Å²) in [5.74, 6) is -1.19. The Morgan fingerprint density at radius 1 is 1.33 bits per heavy atom. The lowest BCUT2D eigenvalue weighted by Gasteiger charge is -2.27. The second-order valence-corrected chi connectivity index (χ2v) is 6.15. The highest BCUT2D eigenvalue weighted by Crippen LogP contribution is 2.39. The predicted octanol–water partition coefficient (Wildman–Crippen LogP) is 1.85. The number of carbonyl (C=O) groups excluding carboxylic acids is 1. The van der Waals surface area contributed by atoms with E-state index in [0.717, 1.165) is 11.3 Å². The number of carboxylic acids is 1. The van der Waals surface area contributed by atoms with E-state index >= 15 is 0 Å². The summed E-state index contributed by atoms with van der Waals surface area (Å²) in [4.78, 5) is 22.9. The van der Waals surface area contributed by atoms with Crippen molar-refractivity contribution in [2.75, 3.05) is 7.11 Å². The van der Waals surface area contributed by atoms with Gasteiger partial charge in [0.15, 0.2) is 0 Å². The molecule has 0 aromatic heterocycles. The van der Waals surface area contributed by atoms with Crippen molar-refractivity contribution in [2.45, 2.75) is 32.2 Å². The van der Waals surface area contributed by atoms with Gasteiger partial charge in [0.2, 0.25) is 5.91 Å².